The van der Waals surface area contributed by atoms with Crippen LogP contribution in [0.1, 0.15) is 18.4 Å². The highest BCUT2D eigenvalue weighted by Gasteiger charge is 2.40. The molecule has 0 aromatic heterocycles. The molecule has 1 amide bonds. The number of likely N-dealkylation sites (tertiary alicyclic amines) is 1. The minimum absolute atomic E-state index is 0.274. The molecular formula is C13H16N2O. The lowest BCUT2D eigenvalue weighted by molar-refractivity contribution is -0.119. The molecule has 1 aromatic carbocycles. The summed E-state index contributed by atoms with van der Waals surface area (Å²) in [6.07, 6.45) is 3.13. The first kappa shape index (κ1) is 9.70. The third-order valence-corrected chi connectivity index (χ3v) is 4.02. The van der Waals surface area contributed by atoms with Gasteiger partial charge in [-0.3, -0.25) is 4.79 Å². The quantitative estimate of drug-likeness (QED) is 0.723. The van der Waals surface area contributed by atoms with Crippen molar-refractivity contribution in [2.45, 2.75) is 18.3 Å². The van der Waals surface area contributed by atoms with Crippen LogP contribution in [0.25, 0.3) is 0 Å². The van der Waals surface area contributed by atoms with E-state index in [1.54, 1.807) is 0 Å². The average molecular weight is 216 g/mol. The predicted molar refractivity (Wildman–Crippen MR) is 63.5 cm³/mol. The number of benzene rings is 1. The molecule has 1 fully saturated rings. The van der Waals surface area contributed by atoms with E-state index in [1.165, 1.54) is 11.3 Å². The minimum Gasteiger partial charge on any atom is -0.384 e. The van der Waals surface area contributed by atoms with Gasteiger partial charge in [0.25, 0.3) is 0 Å². The number of hydrogen-bond donors (Lipinski definition) is 1. The van der Waals surface area contributed by atoms with E-state index in [0.29, 0.717) is 0 Å². The molecule has 0 saturated carbocycles. The van der Waals surface area contributed by atoms with Gasteiger partial charge in [0.2, 0.25) is 6.41 Å². The van der Waals surface area contributed by atoms with Crippen molar-refractivity contribution in [3.8, 4) is 0 Å². The van der Waals surface area contributed by atoms with Crippen LogP contribution in [0.15, 0.2) is 24.3 Å². The number of fused-ring (bicyclic) bond motifs is 2. The normalized spacial score (nSPS) is 21.6. The number of para-hydroxylation sites is 1. The molecule has 2 aliphatic rings. The zero-order valence-electron chi connectivity index (χ0n) is 9.28. The lowest BCUT2D eigenvalue weighted by atomic mass is 9.74. The first-order valence-electron chi connectivity index (χ1n) is 5.87. The second-order valence-corrected chi connectivity index (χ2v) is 4.82. The van der Waals surface area contributed by atoms with E-state index in [0.717, 1.165) is 38.9 Å². The Labute approximate surface area is 95.4 Å². The lowest BCUT2D eigenvalue weighted by Gasteiger charge is -2.37. The van der Waals surface area contributed by atoms with Crippen molar-refractivity contribution in [2.75, 3.05) is 25.0 Å². The SMILES string of the molecule is O=CN1CCC2(CC1)CNc1ccccc12. The Morgan fingerprint density at radius 2 is 2.00 bits per heavy atom. The van der Waals surface area contributed by atoms with Gasteiger partial charge in [0.15, 0.2) is 0 Å². The fourth-order valence-electron chi connectivity index (χ4n) is 2.96. The molecule has 16 heavy (non-hydrogen) atoms. The van der Waals surface area contributed by atoms with Gasteiger partial charge >= 0.3 is 0 Å². The Kier molecular flexibility index (Phi) is 2.13. The largest absolute Gasteiger partial charge is 0.384 e. The van der Waals surface area contributed by atoms with Gasteiger partial charge in [0.05, 0.1) is 0 Å². The zero-order chi connectivity index (χ0) is 11.0. The number of carbonyl (C=O) groups is 1. The van der Waals surface area contributed by atoms with Crippen LogP contribution in [-0.4, -0.2) is 30.9 Å². The highest BCUT2D eigenvalue weighted by molar-refractivity contribution is 5.61. The van der Waals surface area contributed by atoms with E-state index in [2.05, 4.69) is 29.6 Å². The van der Waals surface area contributed by atoms with Crippen LogP contribution in [0.5, 0.6) is 0 Å². The van der Waals surface area contributed by atoms with E-state index in [4.69, 9.17) is 0 Å². The van der Waals surface area contributed by atoms with Crippen LogP contribution in [0, 0.1) is 0 Å². The maximum absolute atomic E-state index is 10.7. The van der Waals surface area contributed by atoms with Crippen molar-refractivity contribution in [2.24, 2.45) is 0 Å². The van der Waals surface area contributed by atoms with Gasteiger partial charge in [-0.1, -0.05) is 18.2 Å². The van der Waals surface area contributed by atoms with Gasteiger partial charge in [-0.25, -0.2) is 0 Å². The van der Waals surface area contributed by atoms with Crippen LogP contribution in [0.3, 0.4) is 0 Å². The third-order valence-electron chi connectivity index (χ3n) is 4.02. The van der Waals surface area contributed by atoms with Gasteiger partial charge in [0, 0.05) is 30.7 Å². The smallest absolute Gasteiger partial charge is 0.209 e. The molecule has 1 N–H and O–H groups in total. The summed E-state index contributed by atoms with van der Waals surface area (Å²) < 4.78 is 0. The Balaban J connectivity index is 1.89. The number of hydrogen-bond acceptors (Lipinski definition) is 2. The minimum atomic E-state index is 0.274. The summed E-state index contributed by atoms with van der Waals surface area (Å²) in [7, 11) is 0. The third kappa shape index (κ3) is 1.31. The van der Waals surface area contributed by atoms with Gasteiger partial charge in [-0.15, -0.1) is 0 Å². The molecule has 0 bridgehead atoms. The molecule has 3 nitrogen and oxygen atoms in total. The molecule has 1 saturated heterocycles. The van der Waals surface area contributed by atoms with Gasteiger partial charge < -0.3 is 10.2 Å². The van der Waals surface area contributed by atoms with E-state index in [9.17, 15) is 4.79 Å². The molecular weight excluding hydrogens is 200 g/mol. The van der Waals surface area contributed by atoms with E-state index in [1.807, 2.05) is 4.90 Å². The van der Waals surface area contributed by atoms with Crippen molar-refractivity contribution in [1.29, 1.82) is 0 Å². The van der Waals surface area contributed by atoms with Crippen LogP contribution in [0.2, 0.25) is 0 Å². The van der Waals surface area contributed by atoms with Crippen LogP contribution in [-0.2, 0) is 10.2 Å². The van der Waals surface area contributed by atoms with Gasteiger partial charge in [-0.2, -0.15) is 0 Å². The van der Waals surface area contributed by atoms with Crippen molar-refractivity contribution < 1.29 is 4.79 Å². The number of nitrogens with one attached hydrogen (secondary N) is 1. The first-order chi connectivity index (χ1) is 7.84. The summed E-state index contributed by atoms with van der Waals surface area (Å²) in [5.74, 6) is 0. The van der Waals surface area contributed by atoms with Gasteiger partial charge in [-0.05, 0) is 24.5 Å². The van der Waals surface area contributed by atoms with Crippen LogP contribution in [0.4, 0.5) is 5.69 Å². The number of anilines is 1. The fourth-order valence-corrected chi connectivity index (χ4v) is 2.96. The lowest BCUT2D eigenvalue weighted by Crippen LogP contribution is -2.43. The average Bonchev–Trinajstić information content (AvgIpc) is 2.71. The fraction of sp³-hybridized carbons (Fsp3) is 0.462. The maximum Gasteiger partial charge on any atom is 0.209 e. The van der Waals surface area contributed by atoms with E-state index < -0.39 is 0 Å². The summed E-state index contributed by atoms with van der Waals surface area (Å²) in [4.78, 5) is 12.6. The molecule has 0 aliphatic carbocycles. The summed E-state index contributed by atoms with van der Waals surface area (Å²) in [6.45, 7) is 2.80. The number of carbonyl (C=O) groups excluding carboxylic acids is 1. The summed E-state index contributed by atoms with van der Waals surface area (Å²) in [5, 5.41) is 3.49. The number of nitrogens with zero attached hydrogens (tertiary/aromatic N) is 1. The molecule has 3 heteroatoms. The standard InChI is InChI=1S/C13H16N2O/c16-10-15-7-5-13(6-8-15)9-14-12-4-2-1-3-11(12)13/h1-4,10,14H,5-9H2. The van der Waals surface area contributed by atoms with Crippen molar-refractivity contribution in [3.63, 3.8) is 0 Å². The molecule has 2 heterocycles. The predicted octanol–water partition coefficient (Wildman–Crippen LogP) is 1.60. The van der Waals surface area contributed by atoms with Gasteiger partial charge in [0.1, 0.15) is 0 Å². The maximum atomic E-state index is 10.7. The summed E-state index contributed by atoms with van der Waals surface area (Å²) >= 11 is 0. The number of amides is 1. The highest BCUT2D eigenvalue weighted by Crippen LogP contribution is 2.43. The molecule has 1 aromatic rings. The van der Waals surface area contributed by atoms with Crippen molar-refractivity contribution >= 4 is 12.1 Å². The Hall–Kier alpha value is -1.51. The van der Waals surface area contributed by atoms with Crippen LogP contribution >= 0.6 is 0 Å². The molecule has 0 unspecified atom stereocenters. The molecule has 0 atom stereocenters. The van der Waals surface area contributed by atoms with E-state index >= 15 is 0 Å². The second-order valence-electron chi connectivity index (χ2n) is 4.82. The molecule has 3 rings (SSSR count). The number of rotatable bonds is 1. The van der Waals surface area contributed by atoms with E-state index in [-0.39, 0.29) is 5.41 Å². The Morgan fingerprint density at radius 3 is 2.75 bits per heavy atom. The Bertz CT molecular complexity index is 408. The number of piperidine rings is 1. The monoisotopic (exact) mass is 216 g/mol. The summed E-state index contributed by atoms with van der Waals surface area (Å²) in [5.41, 5.74) is 3.00. The first-order valence-corrected chi connectivity index (χ1v) is 5.87. The Morgan fingerprint density at radius 1 is 1.25 bits per heavy atom. The van der Waals surface area contributed by atoms with Crippen molar-refractivity contribution in [1.82, 2.24) is 4.90 Å². The molecule has 0 radical (unpaired) electrons. The van der Waals surface area contributed by atoms with Crippen LogP contribution < -0.4 is 5.32 Å². The summed E-state index contributed by atoms with van der Waals surface area (Å²) in [6, 6.07) is 8.56. The zero-order valence-corrected chi connectivity index (χ0v) is 9.28. The molecule has 84 valence electrons. The molecule has 2 aliphatic heterocycles. The van der Waals surface area contributed by atoms with Crippen molar-refractivity contribution in [3.05, 3.63) is 29.8 Å². The molecule has 1 spiro atoms. The second kappa shape index (κ2) is 3.51. The topological polar surface area (TPSA) is 32.3 Å². The highest BCUT2D eigenvalue weighted by atomic mass is 16.1.